The molecule has 144 valence electrons. The maximum absolute atomic E-state index is 6.30. The van der Waals surface area contributed by atoms with Gasteiger partial charge < -0.3 is 4.90 Å². The number of anilines is 1. The molecular weight excluding hydrogens is 368 g/mol. The standard InChI is InChI=1S/C23H25ClN4/c24-21-8-4-2-6-18(21)11-12-27-13-15-28(16-14-27)23-20-10-9-17-5-1-3-7-19(17)22(20)25-26-23/h1-8H,9-16H2,(H,25,26). The number of aromatic amines is 1. The summed E-state index contributed by atoms with van der Waals surface area (Å²) >= 11 is 6.30. The molecule has 4 nitrogen and oxygen atoms in total. The maximum Gasteiger partial charge on any atom is 0.154 e. The van der Waals surface area contributed by atoms with Crippen LogP contribution in [0.5, 0.6) is 0 Å². The average molecular weight is 393 g/mol. The van der Waals surface area contributed by atoms with Crippen molar-refractivity contribution >= 4 is 17.4 Å². The van der Waals surface area contributed by atoms with Crippen LogP contribution in [0.4, 0.5) is 5.82 Å². The summed E-state index contributed by atoms with van der Waals surface area (Å²) in [7, 11) is 0. The van der Waals surface area contributed by atoms with Crippen LogP contribution in [0.15, 0.2) is 48.5 Å². The first-order valence-corrected chi connectivity index (χ1v) is 10.5. The number of hydrogen-bond donors (Lipinski definition) is 1. The molecule has 1 fully saturated rings. The molecule has 0 saturated carbocycles. The zero-order valence-corrected chi connectivity index (χ0v) is 16.8. The van der Waals surface area contributed by atoms with Crippen molar-refractivity contribution in [3.63, 3.8) is 0 Å². The second-order valence-corrected chi connectivity index (χ2v) is 8.14. The summed E-state index contributed by atoms with van der Waals surface area (Å²) in [5.74, 6) is 1.16. The Balaban J connectivity index is 1.24. The average Bonchev–Trinajstić information content (AvgIpc) is 3.18. The molecule has 1 saturated heterocycles. The van der Waals surface area contributed by atoms with Gasteiger partial charge in [0.2, 0.25) is 0 Å². The molecule has 2 heterocycles. The minimum Gasteiger partial charge on any atom is -0.352 e. The fourth-order valence-corrected chi connectivity index (χ4v) is 4.71. The highest BCUT2D eigenvalue weighted by Crippen LogP contribution is 2.36. The second kappa shape index (κ2) is 7.61. The Kier molecular flexibility index (Phi) is 4.83. The highest BCUT2D eigenvalue weighted by molar-refractivity contribution is 6.31. The monoisotopic (exact) mass is 392 g/mol. The predicted octanol–water partition coefficient (Wildman–Crippen LogP) is 4.19. The van der Waals surface area contributed by atoms with Crippen LogP contribution in [0.25, 0.3) is 11.3 Å². The van der Waals surface area contributed by atoms with Crippen molar-refractivity contribution in [1.29, 1.82) is 0 Å². The van der Waals surface area contributed by atoms with Crippen molar-refractivity contribution < 1.29 is 0 Å². The lowest BCUT2D eigenvalue weighted by Crippen LogP contribution is -2.47. The van der Waals surface area contributed by atoms with Crippen LogP contribution in [-0.2, 0) is 19.3 Å². The van der Waals surface area contributed by atoms with Gasteiger partial charge in [-0.05, 0) is 36.5 Å². The van der Waals surface area contributed by atoms with Crippen molar-refractivity contribution in [3.8, 4) is 11.3 Å². The Morgan fingerprint density at radius 3 is 2.57 bits per heavy atom. The molecule has 2 aromatic carbocycles. The highest BCUT2D eigenvalue weighted by atomic mass is 35.5. The lowest BCUT2D eigenvalue weighted by molar-refractivity contribution is 0.260. The minimum atomic E-state index is 0.879. The van der Waals surface area contributed by atoms with Crippen LogP contribution in [-0.4, -0.2) is 47.8 Å². The summed E-state index contributed by atoms with van der Waals surface area (Å²) in [5.41, 5.74) is 6.60. The second-order valence-electron chi connectivity index (χ2n) is 7.73. The Morgan fingerprint density at radius 2 is 1.71 bits per heavy atom. The molecule has 0 atom stereocenters. The van der Waals surface area contributed by atoms with Crippen molar-refractivity contribution in [2.45, 2.75) is 19.3 Å². The summed E-state index contributed by atoms with van der Waals surface area (Å²) in [6.45, 7) is 5.26. The van der Waals surface area contributed by atoms with Gasteiger partial charge in [0.25, 0.3) is 0 Å². The number of fused-ring (bicyclic) bond motifs is 3. The first-order valence-electron chi connectivity index (χ1n) is 10.2. The first kappa shape index (κ1) is 17.8. The number of H-pyrrole nitrogens is 1. The topological polar surface area (TPSA) is 35.2 Å². The zero-order chi connectivity index (χ0) is 18.9. The number of piperazine rings is 1. The van der Waals surface area contributed by atoms with Gasteiger partial charge in [0.1, 0.15) is 0 Å². The zero-order valence-electron chi connectivity index (χ0n) is 16.0. The number of hydrogen-bond acceptors (Lipinski definition) is 3. The summed E-state index contributed by atoms with van der Waals surface area (Å²) < 4.78 is 0. The summed E-state index contributed by atoms with van der Waals surface area (Å²) in [5, 5.41) is 8.92. The van der Waals surface area contributed by atoms with Crippen molar-refractivity contribution in [2.75, 3.05) is 37.6 Å². The van der Waals surface area contributed by atoms with Gasteiger partial charge in [-0.15, -0.1) is 0 Å². The van der Waals surface area contributed by atoms with Gasteiger partial charge in [-0.3, -0.25) is 10.00 Å². The third kappa shape index (κ3) is 3.31. The van der Waals surface area contributed by atoms with E-state index in [-0.39, 0.29) is 0 Å². The summed E-state index contributed by atoms with van der Waals surface area (Å²) in [6.07, 6.45) is 3.19. The van der Waals surface area contributed by atoms with Gasteiger partial charge in [-0.2, -0.15) is 5.10 Å². The predicted molar refractivity (Wildman–Crippen MR) is 115 cm³/mol. The van der Waals surface area contributed by atoms with E-state index in [0.29, 0.717) is 0 Å². The van der Waals surface area contributed by atoms with Crippen molar-refractivity contribution in [3.05, 3.63) is 70.2 Å². The van der Waals surface area contributed by atoms with Crippen LogP contribution in [0.2, 0.25) is 5.02 Å². The number of rotatable bonds is 4. The van der Waals surface area contributed by atoms with Crippen LogP contribution in [0, 0.1) is 0 Å². The lowest BCUT2D eigenvalue weighted by Gasteiger charge is -2.35. The SMILES string of the molecule is Clc1ccccc1CCN1CCN(c2n[nH]c3c2CCc2ccccc2-3)CC1. The molecule has 0 unspecified atom stereocenters. The largest absolute Gasteiger partial charge is 0.352 e. The first-order chi connectivity index (χ1) is 13.8. The molecule has 0 radical (unpaired) electrons. The van der Waals surface area contributed by atoms with E-state index in [9.17, 15) is 0 Å². The molecular formula is C23H25ClN4. The van der Waals surface area contributed by atoms with Gasteiger partial charge >= 0.3 is 0 Å². The highest BCUT2D eigenvalue weighted by Gasteiger charge is 2.26. The third-order valence-corrected chi connectivity index (χ3v) is 6.47. The van der Waals surface area contributed by atoms with Gasteiger partial charge in [0.05, 0.1) is 5.69 Å². The molecule has 0 amide bonds. The van der Waals surface area contributed by atoms with Gasteiger partial charge in [-0.1, -0.05) is 54.1 Å². The molecule has 0 bridgehead atoms. The molecule has 2 aliphatic rings. The van der Waals surface area contributed by atoms with Gasteiger partial charge in [0.15, 0.2) is 5.82 Å². The lowest BCUT2D eigenvalue weighted by atomic mass is 9.90. The molecule has 3 aromatic rings. The quantitative estimate of drug-likeness (QED) is 0.722. The Hall–Kier alpha value is -2.30. The van der Waals surface area contributed by atoms with Gasteiger partial charge in [0, 0.05) is 48.9 Å². The fourth-order valence-electron chi connectivity index (χ4n) is 4.48. The summed E-state index contributed by atoms with van der Waals surface area (Å²) in [4.78, 5) is 4.99. The van der Waals surface area contributed by atoms with E-state index in [1.165, 1.54) is 27.9 Å². The number of nitrogens with zero attached hydrogens (tertiary/aromatic N) is 3. The Morgan fingerprint density at radius 1 is 0.929 bits per heavy atom. The summed E-state index contributed by atoms with van der Waals surface area (Å²) in [6, 6.07) is 16.9. The third-order valence-electron chi connectivity index (χ3n) is 6.10. The Bertz CT molecular complexity index is 972. The molecule has 0 spiro atoms. The molecule has 1 aliphatic heterocycles. The van der Waals surface area contributed by atoms with E-state index in [4.69, 9.17) is 16.7 Å². The number of halogens is 1. The molecule has 1 aliphatic carbocycles. The number of aryl methyl sites for hydroxylation is 1. The van der Waals surface area contributed by atoms with Gasteiger partial charge in [-0.25, -0.2) is 0 Å². The molecule has 5 rings (SSSR count). The maximum atomic E-state index is 6.30. The fraction of sp³-hybridized carbons (Fsp3) is 0.348. The van der Waals surface area contributed by atoms with E-state index < -0.39 is 0 Å². The van der Waals surface area contributed by atoms with Crippen LogP contribution in [0.3, 0.4) is 0 Å². The van der Waals surface area contributed by atoms with E-state index >= 15 is 0 Å². The van der Waals surface area contributed by atoms with E-state index in [1.54, 1.807) is 0 Å². The molecule has 1 N–H and O–H groups in total. The van der Waals surface area contributed by atoms with Crippen molar-refractivity contribution in [2.24, 2.45) is 0 Å². The van der Waals surface area contributed by atoms with Crippen LogP contribution < -0.4 is 4.90 Å². The van der Waals surface area contributed by atoms with Crippen LogP contribution in [0.1, 0.15) is 16.7 Å². The minimum absolute atomic E-state index is 0.879. The normalized spacial score (nSPS) is 16.7. The van der Waals surface area contributed by atoms with Crippen LogP contribution >= 0.6 is 11.6 Å². The van der Waals surface area contributed by atoms with E-state index in [1.807, 2.05) is 12.1 Å². The number of benzene rings is 2. The van der Waals surface area contributed by atoms with E-state index in [0.717, 1.165) is 62.8 Å². The molecule has 5 heteroatoms. The number of nitrogens with one attached hydrogen (secondary N) is 1. The van der Waals surface area contributed by atoms with E-state index in [2.05, 4.69) is 51.3 Å². The van der Waals surface area contributed by atoms with Crippen molar-refractivity contribution in [1.82, 2.24) is 15.1 Å². The number of aromatic nitrogens is 2. The molecule has 1 aromatic heterocycles. The molecule has 28 heavy (non-hydrogen) atoms. The Labute approximate surface area is 171 Å². The smallest absolute Gasteiger partial charge is 0.154 e.